The third-order valence-electron chi connectivity index (χ3n) is 3.47. The third kappa shape index (κ3) is 2.56. The van der Waals surface area contributed by atoms with Gasteiger partial charge >= 0.3 is 0 Å². The van der Waals surface area contributed by atoms with Crippen molar-refractivity contribution in [2.75, 3.05) is 0 Å². The van der Waals surface area contributed by atoms with Gasteiger partial charge in [0.25, 0.3) is 0 Å². The molecule has 0 aliphatic carbocycles. The standard InChI is InChI=1S/C16H8ClFN2O3S/c17-10-2-4-14-12(5-10)16(21)15(8-20-14)24(22,23)11-3-1-9(7-19)13(18)6-11/h1-6,8H,(H,20,21). The number of nitrogens with zero attached hydrogens (tertiary/aromatic N) is 1. The Morgan fingerprint density at radius 3 is 2.58 bits per heavy atom. The van der Waals surface area contributed by atoms with E-state index in [0.29, 0.717) is 5.52 Å². The molecule has 0 unspecified atom stereocenters. The molecule has 0 spiro atoms. The summed E-state index contributed by atoms with van der Waals surface area (Å²) in [6.45, 7) is 0. The van der Waals surface area contributed by atoms with Crippen molar-refractivity contribution in [1.29, 1.82) is 5.26 Å². The second-order valence-corrected chi connectivity index (χ2v) is 7.28. The van der Waals surface area contributed by atoms with Crippen molar-refractivity contribution in [1.82, 2.24) is 4.98 Å². The van der Waals surface area contributed by atoms with Crippen LogP contribution in [-0.2, 0) is 9.84 Å². The van der Waals surface area contributed by atoms with Gasteiger partial charge in [0.2, 0.25) is 15.3 Å². The molecule has 1 heterocycles. The summed E-state index contributed by atoms with van der Waals surface area (Å²) in [5.41, 5.74) is -0.599. The fourth-order valence-electron chi connectivity index (χ4n) is 2.25. The van der Waals surface area contributed by atoms with Crippen LogP contribution >= 0.6 is 11.6 Å². The largest absolute Gasteiger partial charge is 0.360 e. The number of nitriles is 1. The molecular formula is C16H8ClFN2O3S. The van der Waals surface area contributed by atoms with Gasteiger partial charge in [-0.05, 0) is 36.4 Å². The van der Waals surface area contributed by atoms with E-state index in [9.17, 15) is 17.6 Å². The summed E-state index contributed by atoms with van der Waals surface area (Å²) < 4.78 is 39.0. The molecule has 8 heteroatoms. The fraction of sp³-hybridized carbons (Fsp3) is 0. The molecule has 5 nitrogen and oxygen atoms in total. The Kier molecular flexibility index (Phi) is 3.87. The van der Waals surface area contributed by atoms with E-state index in [2.05, 4.69) is 4.98 Å². The molecule has 0 aliphatic heterocycles. The molecule has 0 radical (unpaired) electrons. The predicted molar refractivity (Wildman–Crippen MR) is 86.1 cm³/mol. The van der Waals surface area contributed by atoms with Crippen molar-refractivity contribution >= 4 is 32.3 Å². The highest BCUT2D eigenvalue weighted by Crippen LogP contribution is 2.22. The van der Waals surface area contributed by atoms with E-state index in [4.69, 9.17) is 16.9 Å². The highest BCUT2D eigenvalue weighted by atomic mass is 35.5. The lowest BCUT2D eigenvalue weighted by Crippen LogP contribution is -2.16. The Balaban J connectivity index is 2.26. The number of hydrogen-bond donors (Lipinski definition) is 1. The van der Waals surface area contributed by atoms with Crippen molar-refractivity contribution < 1.29 is 12.8 Å². The number of halogens is 2. The first-order valence-corrected chi connectivity index (χ1v) is 8.46. The molecule has 0 amide bonds. The van der Waals surface area contributed by atoms with Crippen molar-refractivity contribution in [2.24, 2.45) is 0 Å². The molecule has 3 aromatic rings. The fourth-order valence-corrected chi connectivity index (χ4v) is 3.75. The number of H-pyrrole nitrogens is 1. The van der Waals surface area contributed by atoms with Gasteiger partial charge in [0, 0.05) is 22.1 Å². The average Bonchev–Trinajstić information content (AvgIpc) is 2.55. The van der Waals surface area contributed by atoms with Gasteiger partial charge in [0.15, 0.2) is 0 Å². The molecule has 0 saturated heterocycles. The van der Waals surface area contributed by atoms with Crippen LogP contribution in [0.5, 0.6) is 0 Å². The van der Waals surface area contributed by atoms with Crippen molar-refractivity contribution in [2.45, 2.75) is 9.79 Å². The number of nitrogens with one attached hydrogen (secondary N) is 1. The maximum absolute atomic E-state index is 13.7. The van der Waals surface area contributed by atoms with Crippen molar-refractivity contribution in [3.63, 3.8) is 0 Å². The lowest BCUT2D eigenvalue weighted by molar-refractivity contribution is 0.589. The number of sulfone groups is 1. The zero-order valence-corrected chi connectivity index (χ0v) is 13.5. The molecule has 2 aromatic carbocycles. The molecule has 0 atom stereocenters. The summed E-state index contributed by atoms with van der Waals surface area (Å²) in [6.07, 6.45) is 1.06. The number of fused-ring (bicyclic) bond motifs is 1. The molecule has 0 saturated carbocycles. The third-order valence-corrected chi connectivity index (χ3v) is 5.46. The first kappa shape index (κ1) is 16.2. The molecule has 1 aromatic heterocycles. The van der Waals surface area contributed by atoms with E-state index in [0.717, 1.165) is 24.4 Å². The summed E-state index contributed by atoms with van der Waals surface area (Å²) in [5.74, 6) is -0.973. The Morgan fingerprint density at radius 2 is 1.92 bits per heavy atom. The van der Waals surface area contributed by atoms with Crippen LogP contribution in [0.2, 0.25) is 5.02 Å². The Hall–Kier alpha value is -2.69. The van der Waals surface area contributed by atoms with Crippen LogP contribution < -0.4 is 5.43 Å². The normalized spacial score (nSPS) is 11.4. The Labute approximate surface area is 140 Å². The lowest BCUT2D eigenvalue weighted by atomic mass is 10.2. The predicted octanol–water partition coefficient (Wildman–Crippen LogP) is 3.03. The van der Waals surface area contributed by atoms with E-state index in [1.165, 1.54) is 6.07 Å². The van der Waals surface area contributed by atoms with Crippen LogP contribution in [0, 0.1) is 17.1 Å². The minimum atomic E-state index is -4.26. The minimum absolute atomic E-state index is 0.109. The number of hydrogen-bond acceptors (Lipinski definition) is 4. The van der Waals surface area contributed by atoms with E-state index in [1.807, 2.05) is 0 Å². The number of aromatic nitrogens is 1. The zero-order valence-electron chi connectivity index (χ0n) is 11.9. The second kappa shape index (κ2) is 5.74. The summed E-state index contributed by atoms with van der Waals surface area (Å²) >= 11 is 5.85. The van der Waals surface area contributed by atoms with Crippen LogP contribution in [0.1, 0.15) is 5.56 Å². The summed E-state index contributed by atoms with van der Waals surface area (Å²) in [7, 11) is -4.26. The summed E-state index contributed by atoms with van der Waals surface area (Å²) in [5, 5.41) is 9.10. The van der Waals surface area contributed by atoms with E-state index < -0.39 is 30.9 Å². The van der Waals surface area contributed by atoms with E-state index in [-0.39, 0.29) is 16.0 Å². The first-order chi connectivity index (χ1) is 11.3. The summed E-state index contributed by atoms with van der Waals surface area (Å²) in [4.78, 5) is 14.3. The van der Waals surface area contributed by atoms with Gasteiger partial charge in [0.1, 0.15) is 16.8 Å². The zero-order chi connectivity index (χ0) is 17.5. The average molecular weight is 363 g/mol. The van der Waals surface area contributed by atoms with Gasteiger partial charge in [-0.15, -0.1) is 0 Å². The molecule has 0 bridgehead atoms. The highest BCUT2D eigenvalue weighted by molar-refractivity contribution is 7.91. The topological polar surface area (TPSA) is 90.8 Å². The maximum atomic E-state index is 13.7. The number of benzene rings is 2. The SMILES string of the molecule is N#Cc1ccc(S(=O)(=O)c2c[nH]c3ccc(Cl)cc3c2=O)cc1F. The van der Waals surface area contributed by atoms with Crippen molar-refractivity contribution in [3.05, 3.63) is 69.2 Å². The molecule has 1 N–H and O–H groups in total. The van der Waals surface area contributed by atoms with Gasteiger partial charge < -0.3 is 4.98 Å². The Bertz CT molecular complexity index is 1180. The van der Waals surface area contributed by atoms with Crippen LogP contribution in [-0.4, -0.2) is 13.4 Å². The Morgan fingerprint density at radius 1 is 1.17 bits per heavy atom. The van der Waals surface area contributed by atoms with Gasteiger partial charge in [-0.1, -0.05) is 11.6 Å². The van der Waals surface area contributed by atoms with Crippen LogP contribution in [0.4, 0.5) is 4.39 Å². The molecule has 24 heavy (non-hydrogen) atoms. The van der Waals surface area contributed by atoms with Crippen molar-refractivity contribution in [3.8, 4) is 6.07 Å². The van der Waals surface area contributed by atoms with Gasteiger partial charge in [-0.2, -0.15) is 5.26 Å². The lowest BCUT2D eigenvalue weighted by Gasteiger charge is -2.06. The summed E-state index contributed by atoms with van der Waals surface area (Å²) in [6, 6.07) is 8.92. The van der Waals surface area contributed by atoms with E-state index in [1.54, 1.807) is 18.2 Å². The second-order valence-electron chi connectivity index (χ2n) is 4.93. The number of rotatable bonds is 2. The molecular weight excluding hydrogens is 355 g/mol. The van der Waals surface area contributed by atoms with Gasteiger partial charge in [-0.25, -0.2) is 12.8 Å². The number of aromatic amines is 1. The van der Waals surface area contributed by atoms with E-state index >= 15 is 0 Å². The molecule has 0 aliphatic rings. The first-order valence-electron chi connectivity index (χ1n) is 6.60. The van der Waals surface area contributed by atoms with Crippen LogP contribution in [0.15, 0.2) is 57.2 Å². The van der Waals surface area contributed by atoms with Crippen LogP contribution in [0.25, 0.3) is 10.9 Å². The van der Waals surface area contributed by atoms with Gasteiger partial charge in [0.05, 0.1) is 10.5 Å². The minimum Gasteiger partial charge on any atom is -0.360 e. The molecule has 120 valence electrons. The maximum Gasteiger partial charge on any atom is 0.212 e. The monoisotopic (exact) mass is 362 g/mol. The quantitative estimate of drug-likeness (QED) is 0.758. The molecule has 0 fully saturated rings. The number of pyridine rings is 1. The smallest absolute Gasteiger partial charge is 0.212 e. The molecule has 3 rings (SSSR count). The van der Waals surface area contributed by atoms with Gasteiger partial charge in [-0.3, -0.25) is 4.79 Å². The highest BCUT2D eigenvalue weighted by Gasteiger charge is 2.23. The van der Waals surface area contributed by atoms with Crippen LogP contribution in [0.3, 0.4) is 0 Å².